The Kier molecular flexibility index (Phi) is 7.89. The number of amides is 1. The molecule has 0 aromatic heterocycles. The molecule has 0 saturated heterocycles. The third kappa shape index (κ3) is 6.23. The number of sulfonamides is 1. The number of hydrogen-bond donors (Lipinski definition) is 1. The molecule has 6 nitrogen and oxygen atoms in total. The van der Waals surface area contributed by atoms with Gasteiger partial charge in [0.25, 0.3) is 0 Å². The molecule has 0 unspecified atom stereocenters. The fourth-order valence-corrected chi connectivity index (χ4v) is 4.55. The summed E-state index contributed by atoms with van der Waals surface area (Å²) in [6, 6.07) is 13.5. The van der Waals surface area contributed by atoms with Gasteiger partial charge in [0, 0.05) is 0 Å². The van der Waals surface area contributed by atoms with Gasteiger partial charge in [-0.2, -0.15) is 0 Å². The van der Waals surface area contributed by atoms with E-state index < -0.39 is 16.1 Å². The number of benzene rings is 2. The Labute approximate surface area is 180 Å². The van der Waals surface area contributed by atoms with Gasteiger partial charge in [0.05, 0.1) is 25.1 Å². The van der Waals surface area contributed by atoms with Crippen LogP contribution >= 0.6 is 0 Å². The number of ether oxygens (including phenoxy) is 1. The summed E-state index contributed by atoms with van der Waals surface area (Å²) in [7, 11) is -2.05. The molecule has 30 heavy (non-hydrogen) atoms. The van der Waals surface area contributed by atoms with E-state index in [4.69, 9.17) is 4.74 Å². The standard InChI is InChI=1S/C23H32N2O4S/c1-16(2)15-22(19-9-13-21(29-5)14-10-19)24-23(26)18(4)25(30(6,27)28)20-11-7-17(3)8-12-20/h7-14,16,18,22H,15H2,1-6H3,(H,24,26)/t18-,22+/m1/s1. The first kappa shape index (κ1) is 23.7. The summed E-state index contributed by atoms with van der Waals surface area (Å²) in [6.07, 6.45) is 1.85. The van der Waals surface area contributed by atoms with Crippen molar-refractivity contribution in [3.8, 4) is 5.75 Å². The molecule has 0 aliphatic rings. The number of nitrogens with one attached hydrogen (secondary N) is 1. The third-order valence-corrected chi connectivity index (χ3v) is 6.16. The average Bonchev–Trinajstić information content (AvgIpc) is 2.67. The Morgan fingerprint density at radius 2 is 1.60 bits per heavy atom. The van der Waals surface area contributed by atoms with Gasteiger partial charge in [-0.15, -0.1) is 0 Å². The Morgan fingerprint density at radius 3 is 2.07 bits per heavy atom. The van der Waals surface area contributed by atoms with Crippen molar-refractivity contribution in [2.45, 2.75) is 46.2 Å². The quantitative estimate of drug-likeness (QED) is 0.648. The zero-order valence-corrected chi connectivity index (χ0v) is 19.4. The van der Waals surface area contributed by atoms with Gasteiger partial charge in [0.15, 0.2) is 0 Å². The summed E-state index contributed by atoms with van der Waals surface area (Å²) >= 11 is 0. The first-order chi connectivity index (χ1) is 14.0. The summed E-state index contributed by atoms with van der Waals surface area (Å²) in [5.74, 6) is 0.739. The van der Waals surface area contributed by atoms with E-state index in [1.165, 1.54) is 4.31 Å². The summed E-state index contributed by atoms with van der Waals surface area (Å²) in [5, 5.41) is 3.05. The van der Waals surface area contributed by atoms with Gasteiger partial charge in [0.2, 0.25) is 15.9 Å². The van der Waals surface area contributed by atoms with Crippen LogP contribution in [0.5, 0.6) is 5.75 Å². The van der Waals surface area contributed by atoms with E-state index >= 15 is 0 Å². The molecule has 0 aliphatic carbocycles. The SMILES string of the molecule is COc1ccc([C@H](CC(C)C)NC(=O)[C@@H](C)N(c2ccc(C)cc2)S(C)(=O)=O)cc1. The summed E-state index contributed by atoms with van der Waals surface area (Å²) in [6.45, 7) is 7.70. The molecule has 2 rings (SSSR count). The summed E-state index contributed by atoms with van der Waals surface area (Å²) < 4.78 is 31.4. The fraction of sp³-hybridized carbons (Fsp3) is 0.435. The Morgan fingerprint density at radius 1 is 1.03 bits per heavy atom. The molecule has 0 spiro atoms. The van der Waals surface area contributed by atoms with Gasteiger partial charge < -0.3 is 10.1 Å². The highest BCUT2D eigenvalue weighted by molar-refractivity contribution is 7.92. The van der Waals surface area contributed by atoms with E-state index in [9.17, 15) is 13.2 Å². The minimum Gasteiger partial charge on any atom is -0.497 e. The maximum atomic E-state index is 13.1. The van der Waals surface area contributed by atoms with E-state index in [1.807, 2.05) is 43.3 Å². The van der Waals surface area contributed by atoms with Gasteiger partial charge in [-0.05, 0) is 56.0 Å². The summed E-state index contributed by atoms with van der Waals surface area (Å²) in [4.78, 5) is 13.1. The fourth-order valence-electron chi connectivity index (χ4n) is 3.38. The third-order valence-electron chi connectivity index (χ3n) is 4.92. The lowest BCUT2D eigenvalue weighted by atomic mass is 9.96. The van der Waals surface area contributed by atoms with Crippen molar-refractivity contribution >= 4 is 21.6 Å². The highest BCUT2D eigenvalue weighted by Crippen LogP contribution is 2.25. The van der Waals surface area contributed by atoms with Gasteiger partial charge in [-0.1, -0.05) is 43.7 Å². The highest BCUT2D eigenvalue weighted by atomic mass is 32.2. The normalized spacial score (nSPS) is 13.6. The number of methoxy groups -OCH3 is 1. The van der Waals surface area contributed by atoms with Crippen LogP contribution in [-0.4, -0.2) is 33.7 Å². The first-order valence-electron chi connectivity index (χ1n) is 10.0. The number of nitrogens with zero attached hydrogens (tertiary/aromatic N) is 1. The van der Waals surface area contributed by atoms with Gasteiger partial charge in [-0.3, -0.25) is 9.10 Å². The van der Waals surface area contributed by atoms with E-state index in [0.717, 1.165) is 29.6 Å². The second-order valence-electron chi connectivity index (χ2n) is 8.03. The number of anilines is 1. The summed E-state index contributed by atoms with van der Waals surface area (Å²) in [5.41, 5.74) is 2.43. The van der Waals surface area contributed by atoms with Gasteiger partial charge in [0.1, 0.15) is 11.8 Å². The molecule has 2 atom stereocenters. The zero-order valence-electron chi connectivity index (χ0n) is 18.5. The second kappa shape index (κ2) is 9.98. The van der Waals surface area contributed by atoms with Crippen LogP contribution < -0.4 is 14.4 Å². The molecule has 0 heterocycles. The van der Waals surface area contributed by atoms with Crippen molar-refractivity contribution in [3.05, 3.63) is 59.7 Å². The number of carbonyl (C=O) groups is 1. The smallest absolute Gasteiger partial charge is 0.244 e. The molecule has 1 amide bonds. The van der Waals surface area contributed by atoms with Crippen molar-refractivity contribution in [1.29, 1.82) is 0 Å². The molecule has 0 radical (unpaired) electrons. The van der Waals surface area contributed by atoms with Crippen molar-refractivity contribution < 1.29 is 17.9 Å². The van der Waals surface area contributed by atoms with Crippen LogP contribution in [0.2, 0.25) is 0 Å². The number of hydrogen-bond acceptors (Lipinski definition) is 4. The van der Waals surface area contributed by atoms with Gasteiger partial charge >= 0.3 is 0 Å². The lowest BCUT2D eigenvalue weighted by Gasteiger charge is -2.30. The lowest BCUT2D eigenvalue weighted by molar-refractivity contribution is -0.122. The van der Waals surface area contributed by atoms with E-state index in [0.29, 0.717) is 11.6 Å². The Bertz CT molecular complexity index is 938. The molecule has 2 aromatic carbocycles. The monoisotopic (exact) mass is 432 g/mol. The first-order valence-corrected chi connectivity index (χ1v) is 11.9. The molecule has 7 heteroatoms. The van der Waals surface area contributed by atoms with Crippen molar-refractivity contribution in [3.63, 3.8) is 0 Å². The van der Waals surface area contributed by atoms with Crippen molar-refractivity contribution in [2.24, 2.45) is 5.92 Å². The lowest BCUT2D eigenvalue weighted by Crippen LogP contribution is -2.48. The van der Waals surface area contributed by atoms with Crippen LogP contribution in [0, 0.1) is 12.8 Å². The molecule has 0 bridgehead atoms. The maximum absolute atomic E-state index is 13.1. The maximum Gasteiger partial charge on any atom is 0.244 e. The van der Waals surface area contributed by atoms with Crippen LogP contribution in [0.3, 0.4) is 0 Å². The van der Waals surface area contributed by atoms with E-state index in [1.54, 1.807) is 26.2 Å². The molecule has 1 N–H and O–H groups in total. The van der Waals surface area contributed by atoms with Crippen LogP contribution in [-0.2, 0) is 14.8 Å². The van der Waals surface area contributed by atoms with Crippen LogP contribution in [0.15, 0.2) is 48.5 Å². The predicted molar refractivity (Wildman–Crippen MR) is 121 cm³/mol. The molecule has 0 aliphatic heterocycles. The minimum atomic E-state index is -3.65. The van der Waals surface area contributed by atoms with E-state index in [2.05, 4.69) is 19.2 Å². The largest absolute Gasteiger partial charge is 0.497 e. The number of carbonyl (C=O) groups excluding carboxylic acids is 1. The minimum absolute atomic E-state index is 0.231. The van der Waals surface area contributed by atoms with Crippen LogP contribution in [0.1, 0.15) is 44.4 Å². The van der Waals surface area contributed by atoms with Crippen molar-refractivity contribution in [2.75, 3.05) is 17.7 Å². The average molecular weight is 433 g/mol. The van der Waals surface area contributed by atoms with E-state index in [-0.39, 0.29) is 11.9 Å². The molecular formula is C23H32N2O4S. The van der Waals surface area contributed by atoms with Crippen LogP contribution in [0.4, 0.5) is 5.69 Å². The number of rotatable bonds is 9. The molecule has 0 fully saturated rings. The molecule has 0 saturated carbocycles. The molecule has 164 valence electrons. The topological polar surface area (TPSA) is 75.7 Å². The predicted octanol–water partition coefficient (Wildman–Crippen LogP) is 4.06. The van der Waals surface area contributed by atoms with Gasteiger partial charge in [-0.25, -0.2) is 8.42 Å². The Balaban J connectivity index is 2.30. The number of aryl methyl sites for hydroxylation is 1. The van der Waals surface area contributed by atoms with Crippen LogP contribution in [0.25, 0.3) is 0 Å². The Hall–Kier alpha value is -2.54. The molecule has 2 aromatic rings. The van der Waals surface area contributed by atoms with Crippen molar-refractivity contribution in [1.82, 2.24) is 5.32 Å². The second-order valence-corrected chi connectivity index (χ2v) is 9.89. The highest BCUT2D eigenvalue weighted by Gasteiger charge is 2.30. The molecular weight excluding hydrogens is 400 g/mol. The zero-order chi connectivity index (χ0) is 22.5.